The molecule has 0 amide bonds. The summed E-state index contributed by atoms with van der Waals surface area (Å²) in [7, 11) is 0. The first kappa shape index (κ1) is 75.6. The van der Waals surface area contributed by atoms with Crippen molar-refractivity contribution in [2.24, 2.45) is 0 Å². The van der Waals surface area contributed by atoms with E-state index in [9.17, 15) is 14.4 Å². The van der Waals surface area contributed by atoms with Crippen molar-refractivity contribution in [3.05, 3.63) is 85.1 Å². The van der Waals surface area contributed by atoms with E-state index in [4.69, 9.17) is 14.2 Å². The number of hydrogen-bond donors (Lipinski definition) is 0. The van der Waals surface area contributed by atoms with Gasteiger partial charge < -0.3 is 14.2 Å². The molecule has 79 heavy (non-hydrogen) atoms. The monoisotopic (exact) mass is 1100 g/mol. The molecule has 0 aliphatic heterocycles. The molecule has 0 spiro atoms. The van der Waals surface area contributed by atoms with Crippen molar-refractivity contribution in [2.45, 2.75) is 348 Å². The second-order valence-electron chi connectivity index (χ2n) is 22.7. The number of carbonyl (C=O) groups is 3. The van der Waals surface area contributed by atoms with Crippen LogP contribution in [-0.2, 0) is 28.6 Å². The summed E-state index contributed by atoms with van der Waals surface area (Å²) in [6.07, 6.45) is 89.0. The Balaban J connectivity index is 4.11. The van der Waals surface area contributed by atoms with Gasteiger partial charge in [0.2, 0.25) is 0 Å². The fourth-order valence-corrected chi connectivity index (χ4v) is 9.74. The van der Waals surface area contributed by atoms with Gasteiger partial charge in [0.15, 0.2) is 6.10 Å². The van der Waals surface area contributed by atoms with Crippen LogP contribution in [0, 0.1) is 0 Å². The zero-order valence-electron chi connectivity index (χ0n) is 52.4. The fourth-order valence-electron chi connectivity index (χ4n) is 9.74. The highest BCUT2D eigenvalue weighted by Gasteiger charge is 2.19. The van der Waals surface area contributed by atoms with Crippen molar-refractivity contribution >= 4 is 17.9 Å². The molecule has 1 unspecified atom stereocenters. The van der Waals surface area contributed by atoms with E-state index in [1.807, 2.05) is 0 Å². The minimum atomic E-state index is -0.782. The van der Waals surface area contributed by atoms with Crippen LogP contribution in [0.1, 0.15) is 342 Å². The topological polar surface area (TPSA) is 78.9 Å². The second kappa shape index (κ2) is 67.1. The van der Waals surface area contributed by atoms with Crippen LogP contribution in [0.5, 0.6) is 0 Å². The Morgan fingerprint density at radius 1 is 0.266 bits per heavy atom. The molecule has 0 N–H and O–H groups in total. The highest BCUT2D eigenvalue weighted by atomic mass is 16.6. The minimum Gasteiger partial charge on any atom is -0.462 e. The van der Waals surface area contributed by atoms with Crippen LogP contribution in [0.3, 0.4) is 0 Å². The second-order valence-corrected chi connectivity index (χ2v) is 22.7. The average molecular weight is 1100 g/mol. The largest absolute Gasteiger partial charge is 0.462 e. The van der Waals surface area contributed by atoms with Gasteiger partial charge in [-0.2, -0.15) is 0 Å². The first-order chi connectivity index (χ1) is 39.0. The molecule has 0 fully saturated rings. The summed E-state index contributed by atoms with van der Waals surface area (Å²) in [5, 5.41) is 0. The molecule has 0 saturated heterocycles. The van der Waals surface area contributed by atoms with E-state index in [1.165, 1.54) is 199 Å². The Kier molecular flexibility index (Phi) is 64.2. The summed E-state index contributed by atoms with van der Waals surface area (Å²) in [6.45, 7) is 6.49. The fraction of sp³-hybridized carbons (Fsp3) is 0.767. The molecule has 0 radical (unpaired) electrons. The summed E-state index contributed by atoms with van der Waals surface area (Å²) in [5.41, 5.74) is 0. The van der Waals surface area contributed by atoms with E-state index >= 15 is 0 Å². The van der Waals surface area contributed by atoms with Crippen molar-refractivity contribution in [3.8, 4) is 0 Å². The number of hydrogen-bond acceptors (Lipinski definition) is 6. The first-order valence-corrected chi connectivity index (χ1v) is 34.1. The zero-order valence-corrected chi connectivity index (χ0v) is 52.4. The Morgan fingerprint density at radius 3 is 0.823 bits per heavy atom. The molecule has 0 aliphatic carbocycles. The van der Waals surface area contributed by atoms with Crippen LogP contribution in [0.25, 0.3) is 0 Å². The molecule has 0 saturated carbocycles. The van der Waals surface area contributed by atoms with Crippen LogP contribution in [0.15, 0.2) is 85.1 Å². The Hall–Kier alpha value is -3.41. The van der Waals surface area contributed by atoms with Crippen LogP contribution in [0.2, 0.25) is 0 Å². The Labute approximate surface area is 490 Å². The lowest BCUT2D eigenvalue weighted by Gasteiger charge is -2.18. The molecule has 0 rings (SSSR count). The van der Waals surface area contributed by atoms with E-state index in [-0.39, 0.29) is 31.1 Å². The maximum Gasteiger partial charge on any atom is 0.306 e. The first-order valence-electron chi connectivity index (χ1n) is 34.1. The standard InChI is InChI=1S/C73H128O6/c1-4-7-10-13-16-19-22-24-26-28-29-30-31-32-33-34-35-36-37-38-39-40-41-42-43-45-46-48-51-54-57-60-63-66-72(75)78-69-70(68-77-71(74)65-62-59-56-53-50-21-18-15-12-9-6-3)79-73(76)67-64-61-58-55-52-49-47-44-27-25-23-20-17-14-11-8-5-2/h7,10,15-20,24-27,29-30,70H,4-6,8-9,11-14,21-23,28,31-69H2,1-3H3/b10-7-,18-15-,19-16-,20-17-,26-24-,27-25-,30-29-. The molecule has 6 heteroatoms. The molecule has 0 aromatic rings. The van der Waals surface area contributed by atoms with Gasteiger partial charge in [-0.1, -0.05) is 298 Å². The van der Waals surface area contributed by atoms with Crippen molar-refractivity contribution < 1.29 is 28.6 Å². The van der Waals surface area contributed by atoms with Crippen LogP contribution < -0.4 is 0 Å². The van der Waals surface area contributed by atoms with E-state index in [1.54, 1.807) is 0 Å². The Morgan fingerprint density at radius 2 is 0.506 bits per heavy atom. The van der Waals surface area contributed by atoms with Gasteiger partial charge in [0.25, 0.3) is 0 Å². The van der Waals surface area contributed by atoms with Gasteiger partial charge in [-0.05, 0) is 109 Å². The van der Waals surface area contributed by atoms with Gasteiger partial charge in [-0.3, -0.25) is 14.4 Å². The number of allylic oxidation sites excluding steroid dienone is 14. The molecule has 0 aromatic carbocycles. The maximum atomic E-state index is 12.9. The van der Waals surface area contributed by atoms with Gasteiger partial charge in [0, 0.05) is 19.3 Å². The lowest BCUT2D eigenvalue weighted by molar-refractivity contribution is -0.167. The predicted molar refractivity (Wildman–Crippen MR) is 344 cm³/mol. The lowest BCUT2D eigenvalue weighted by atomic mass is 10.0. The molecule has 1 atom stereocenters. The van der Waals surface area contributed by atoms with Crippen LogP contribution >= 0.6 is 0 Å². The summed E-state index contributed by atoms with van der Waals surface area (Å²) in [5.74, 6) is -0.881. The molecular weight excluding hydrogens is 973 g/mol. The molecule has 6 nitrogen and oxygen atoms in total. The van der Waals surface area contributed by atoms with Crippen LogP contribution in [0.4, 0.5) is 0 Å². The molecule has 0 aromatic heterocycles. The number of esters is 3. The van der Waals surface area contributed by atoms with E-state index in [0.29, 0.717) is 19.3 Å². The van der Waals surface area contributed by atoms with E-state index in [0.717, 1.165) is 103 Å². The zero-order chi connectivity index (χ0) is 57.1. The number of carbonyl (C=O) groups excluding carboxylic acids is 3. The smallest absolute Gasteiger partial charge is 0.306 e. The third-order valence-corrected chi connectivity index (χ3v) is 14.9. The number of unbranched alkanes of at least 4 members (excludes halogenated alkanes) is 37. The number of rotatable bonds is 62. The van der Waals surface area contributed by atoms with Crippen molar-refractivity contribution in [1.29, 1.82) is 0 Å². The summed E-state index contributed by atoms with van der Waals surface area (Å²) in [4.78, 5) is 38.3. The molecule has 0 aliphatic rings. The third kappa shape index (κ3) is 65.3. The van der Waals surface area contributed by atoms with Crippen molar-refractivity contribution in [1.82, 2.24) is 0 Å². The predicted octanol–water partition coefficient (Wildman–Crippen LogP) is 23.4. The van der Waals surface area contributed by atoms with Gasteiger partial charge in [0.05, 0.1) is 0 Å². The quantitative estimate of drug-likeness (QED) is 0.0261. The van der Waals surface area contributed by atoms with Gasteiger partial charge in [-0.15, -0.1) is 0 Å². The maximum absolute atomic E-state index is 12.9. The minimum absolute atomic E-state index is 0.0784. The normalized spacial score (nSPS) is 12.6. The molecular formula is C73H128O6. The summed E-state index contributed by atoms with van der Waals surface area (Å²) < 4.78 is 16.9. The van der Waals surface area contributed by atoms with Gasteiger partial charge in [0.1, 0.15) is 13.2 Å². The van der Waals surface area contributed by atoms with E-state index in [2.05, 4.69) is 106 Å². The van der Waals surface area contributed by atoms with Gasteiger partial charge >= 0.3 is 17.9 Å². The molecule has 456 valence electrons. The SMILES string of the molecule is CC/C=C\C/C=C\C/C=C\C/C=C\CCCCCCCCCCCCCCCCCCCCCCC(=O)OCC(COC(=O)CCCCCCC/C=C\CCCC)OC(=O)CCCCCCCCC/C=C\C/C=C\CCCCC. The van der Waals surface area contributed by atoms with E-state index < -0.39 is 6.10 Å². The van der Waals surface area contributed by atoms with Crippen molar-refractivity contribution in [3.63, 3.8) is 0 Å². The van der Waals surface area contributed by atoms with Crippen molar-refractivity contribution in [2.75, 3.05) is 13.2 Å². The number of ether oxygens (including phenoxy) is 3. The Bertz CT molecular complexity index is 1500. The van der Waals surface area contributed by atoms with Gasteiger partial charge in [-0.25, -0.2) is 0 Å². The molecule has 0 heterocycles. The summed E-state index contributed by atoms with van der Waals surface area (Å²) >= 11 is 0. The third-order valence-electron chi connectivity index (χ3n) is 14.9. The molecule has 0 bridgehead atoms. The lowest BCUT2D eigenvalue weighted by Crippen LogP contribution is -2.30. The highest BCUT2D eigenvalue weighted by Crippen LogP contribution is 2.17. The highest BCUT2D eigenvalue weighted by molar-refractivity contribution is 5.71. The average Bonchev–Trinajstić information content (AvgIpc) is 3.45. The summed E-state index contributed by atoms with van der Waals surface area (Å²) in [6, 6.07) is 0. The van der Waals surface area contributed by atoms with Crippen LogP contribution in [-0.4, -0.2) is 37.2 Å².